The van der Waals surface area contributed by atoms with Gasteiger partial charge in [-0.3, -0.25) is 9.36 Å². The fraction of sp³-hybridized carbons (Fsp3) is 0.0667. The first kappa shape index (κ1) is 12.9. The van der Waals surface area contributed by atoms with Crippen LogP contribution in [0, 0.1) is 0 Å². The predicted octanol–water partition coefficient (Wildman–Crippen LogP) is 3.50. The smallest absolute Gasteiger partial charge is 0.263 e. The predicted molar refractivity (Wildman–Crippen MR) is 80.2 cm³/mol. The Labute approximate surface area is 124 Å². The van der Waals surface area contributed by atoms with Crippen molar-refractivity contribution in [1.29, 1.82) is 0 Å². The zero-order valence-electron chi connectivity index (χ0n) is 10.7. The van der Waals surface area contributed by atoms with Crippen LogP contribution in [0.2, 0.25) is 0 Å². The van der Waals surface area contributed by atoms with E-state index in [1.165, 1.54) is 4.57 Å². The van der Waals surface area contributed by atoms with E-state index in [1.54, 1.807) is 31.5 Å². The third-order valence-electron chi connectivity index (χ3n) is 3.05. The number of aromatic nitrogens is 2. The third-order valence-corrected chi connectivity index (χ3v) is 3.45. The first-order valence-corrected chi connectivity index (χ1v) is 6.81. The van der Waals surface area contributed by atoms with Crippen LogP contribution in [0.5, 0.6) is 5.75 Å². The van der Waals surface area contributed by atoms with Crippen LogP contribution < -0.4 is 4.74 Å². The van der Waals surface area contributed by atoms with Crippen LogP contribution in [0.15, 0.2) is 53.3 Å². The van der Waals surface area contributed by atoms with Crippen molar-refractivity contribution in [3.63, 3.8) is 0 Å². The van der Waals surface area contributed by atoms with Gasteiger partial charge in [0.15, 0.2) is 5.65 Å². The van der Waals surface area contributed by atoms with E-state index in [0.717, 1.165) is 5.39 Å². The molecule has 0 amide bonds. The minimum Gasteiger partial charge on any atom is -0.496 e. The van der Waals surface area contributed by atoms with Crippen LogP contribution >= 0.6 is 15.9 Å². The summed E-state index contributed by atoms with van der Waals surface area (Å²) < 4.78 is 7.47. The van der Waals surface area contributed by atoms with Crippen molar-refractivity contribution in [2.75, 3.05) is 7.11 Å². The van der Waals surface area contributed by atoms with Crippen molar-refractivity contribution in [2.45, 2.75) is 0 Å². The molecule has 3 rings (SSSR count). The standard InChI is InChI=1S/C15H11BrN2O2/c1-20-12-9-13(16)17-14-11(12)7-8-18(14)15(19)10-5-3-2-4-6-10/h2-9H,1H3. The number of rotatable bonds is 2. The molecule has 0 spiro atoms. The van der Waals surface area contributed by atoms with Crippen LogP contribution in [0.25, 0.3) is 11.0 Å². The van der Waals surface area contributed by atoms with Gasteiger partial charge in [0, 0.05) is 17.8 Å². The quantitative estimate of drug-likeness (QED) is 0.675. The summed E-state index contributed by atoms with van der Waals surface area (Å²) in [6.07, 6.45) is 1.71. The largest absolute Gasteiger partial charge is 0.496 e. The topological polar surface area (TPSA) is 44.1 Å². The molecule has 4 nitrogen and oxygen atoms in total. The molecule has 0 atom stereocenters. The molecule has 0 aliphatic heterocycles. The Hall–Kier alpha value is -2.14. The highest BCUT2D eigenvalue weighted by atomic mass is 79.9. The number of halogens is 1. The number of ether oxygens (including phenoxy) is 1. The molecule has 20 heavy (non-hydrogen) atoms. The van der Waals surface area contributed by atoms with E-state index >= 15 is 0 Å². The van der Waals surface area contributed by atoms with Crippen molar-refractivity contribution in [1.82, 2.24) is 9.55 Å². The van der Waals surface area contributed by atoms with E-state index in [0.29, 0.717) is 21.6 Å². The lowest BCUT2D eigenvalue weighted by Gasteiger charge is -2.06. The molecule has 1 aromatic carbocycles. The maximum atomic E-state index is 12.5. The van der Waals surface area contributed by atoms with Crippen LogP contribution in [0.3, 0.4) is 0 Å². The van der Waals surface area contributed by atoms with E-state index in [9.17, 15) is 4.79 Å². The summed E-state index contributed by atoms with van der Waals surface area (Å²) >= 11 is 3.33. The molecule has 0 aliphatic carbocycles. The summed E-state index contributed by atoms with van der Waals surface area (Å²) in [5.74, 6) is 0.565. The van der Waals surface area contributed by atoms with Gasteiger partial charge in [-0.2, -0.15) is 0 Å². The number of hydrogen-bond donors (Lipinski definition) is 0. The van der Waals surface area contributed by atoms with E-state index < -0.39 is 0 Å². The van der Waals surface area contributed by atoms with Crippen molar-refractivity contribution in [2.24, 2.45) is 0 Å². The maximum absolute atomic E-state index is 12.5. The van der Waals surface area contributed by atoms with Gasteiger partial charge in [0.2, 0.25) is 0 Å². The van der Waals surface area contributed by atoms with Crippen molar-refractivity contribution >= 4 is 32.9 Å². The molecule has 100 valence electrons. The lowest BCUT2D eigenvalue weighted by Crippen LogP contribution is -2.11. The molecule has 0 N–H and O–H groups in total. The number of carbonyl (C=O) groups is 1. The number of carbonyl (C=O) groups excluding carboxylic acids is 1. The van der Waals surface area contributed by atoms with Crippen molar-refractivity contribution in [3.05, 3.63) is 58.8 Å². The Morgan fingerprint density at radius 1 is 1.25 bits per heavy atom. The number of hydrogen-bond acceptors (Lipinski definition) is 3. The molecule has 0 aliphatic rings. The molecule has 2 aromatic heterocycles. The lowest BCUT2D eigenvalue weighted by atomic mass is 10.2. The molecule has 0 unspecified atom stereocenters. The Morgan fingerprint density at radius 2 is 2.00 bits per heavy atom. The highest BCUT2D eigenvalue weighted by Crippen LogP contribution is 2.28. The molecular weight excluding hydrogens is 320 g/mol. The summed E-state index contributed by atoms with van der Waals surface area (Å²) in [6, 6.07) is 12.7. The average molecular weight is 331 g/mol. The molecule has 0 radical (unpaired) electrons. The summed E-state index contributed by atoms with van der Waals surface area (Å²) in [7, 11) is 1.59. The summed E-state index contributed by atoms with van der Waals surface area (Å²) in [5.41, 5.74) is 1.19. The van der Waals surface area contributed by atoms with E-state index in [-0.39, 0.29) is 5.91 Å². The zero-order chi connectivity index (χ0) is 14.1. The molecule has 0 saturated carbocycles. The number of nitrogens with zero attached hydrogens (tertiary/aromatic N) is 2. The van der Waals surface area contributed by atoms with Crippen LogP contribution in [-0.4, -0.2) is 22.6 Å². The van der Waals surface area contributed by atoms with Crippen LogP contribution in [-0.2, 0) is 0 Å². The second kappa shape index (κ2) is 5.09. The fourth-order valence-corrected chi connectivity index (χ4v) is 2.48. The highest BCUT2D eigenvalue weighted by molar-refractivity contribution is 9.10. The maximum Gasteiger partial charge on any atom is 0.263 e. The van der Waals surface area contributed by atoms with Gasteiger partial charge in [0.25, 0.3) is 5.91 Å². The van der Waals surface area contributed by atoms with Gasteiger partial charge in [0.05, 0.1) is 12.5 Å². The second-order valence-electron chi connectivity index (χ2n) is 4.24. The molecule has 3 aromatic rings. The Morgan fingerprint density at radius 3 is 2.70 bits per heavy atom. The summed E-state index contributed by atoms with van der Waals surface area (Å²) in [5, 5.41) is 0.806. The second-order valence-corrected chi connectivity index (χ2v) is 5.05. The lowest BCUT2D eigenvalue weighted by molar-refractivity contribution is 0.0964. The third kappa shape index (κ3) is 2.10. The van der Waals surface area contributed by atoms with Crippen LogP contribution in [0.4, 0.5) is 0 Å². The van der Waals surface area contributed by atoms with Gasteiger partial charge in [-0.05, 0) is 34.1 Å². The molecular formula is C15H11BrN2O2. The molecule has 5 heteroatoms. The summed E-state index contributed by atoms with van der Waals surface area (Å²) in [6.45, 7) is 0. The SMILES string of the molecule is COc1cc(Br)nc2c1ccn2C(=O)c1ccccc1. The first-order valence-electron chi connectivity index (χ1n) is 6.02. The molecule has 0 bridgehead atoms. The van der Waals surface area contributed by atoms with Crippen molar-refractivity contribution in [3.8, 4) is 5.75 Å². The minimum atomic E-state index is -0.117. The summed E-state index contributed by atoms with van der Waals surface area (Å²) in [4.78, 5) is 16.9. The number of fused-ring (bicyclic) bond motifs is 1. The molecule has 0 saturated heterocycles. The number of benzene rings is 1. The number of pyridine rings is 1. The monoisotopic (exact) mass is 330 g/mol. The molecule has 2 heterocycles. The van der Waals surface area contributed by atoms with E-state index in [2.05, 4.69) is 20.9 Å². The van der Waals surface area contributed by atoms with Gasteiger partial charge < -0.3 is 4.74 Å². The molecule has 0 fully saturated rings. The van der Waals surface area contributed by atoms with E-state index in [1.807, 2.05) is 24.3 Å². The van der Waals surface area contributed by atoms with Gasteiger partial charge in [0.1, 0.15) is 10.4 Å². The Balaban J connectivity index is 2.18. The Bertz CT molecular complexity index is 781. The van der Waals surface area contributed by atoms with Gasteiger partial charge in [-0.15, -0.1) is 0 Å². The first-order chi connectivity index (χ1) is 9.70. The Kier molecular flexibility index (Phi) is 3.28. The normalized spacial score (nSPS) is 10.7. The fourth-order valence-electron chi connectivity index (χ4n) is 2.10. The van der Waals surface area contributed by atoms with E-state index in [4.69, 9.17) is 4.74 Å². The van der Waals surface area contributed by atoms with Gasteiger partial charge >= 0.3 is 0 Å². The average Bonchev–Trinajstić information content (AvgIpc) is 2.90. The van der Waals surface area contributed by atoms with Crippen LogP contribution in [0.1, 0.15) is 10.4 Å². The van der Waals surface area contributed by atoms with Gasteiger partial charge in [-0.1, -0.05) is 18.2 Å². The number of methoxy groups -OCH3 is 1. The highest BCUT2D eigenvalue weighted by Gasteiger charge is 2.15. The van der Waals surface area contributed by atoms with Crippen molar-refractivity contribution < 1.29 is 9.53 Å². The zero-order valence-corrected chi connectivity index (χ0v) is 12.3. The minimum absolute atomic E-state index is 0.117. The van der Waals surface area contributed by atoms with Gasteiger partial charge in [-0.25, -0.2) is 4.98 Å².